The molecule has 0 N–H and O–H groups in total. The first-order valence-electron chi connectivity index (χ1n) is 52.7. The molecule has 0 nitrogen and oxygen atoms in total. The lowest BCUT2D eigenvalue weighted by atomic mass is 9.54. The molecule has 0 fully saturated rings. The predicted octanol–water partition coefficient (Wildman–Crippen LogP) is 34.6. The smallest absolute Gasteiger partial charge is 0.0208 e. The highest BCUT2D eigenvalue weighted by atomic mass is 14.6. The summed E-state index contributed by atoms with van der Waals surface area (Å²) in [5.74, 6) is 4.39. The van der Waals surface area contributed by atoms with Crippen molar-refractivity contribution in [3.8, 4) is 22.3 Å². The Morgan fingerprint density at radius 1 is 0.266 bits per heavy atom. The van der Waals surface area contributed by atoms with Crippen LogP contribution in [0.15, 0.2) is 431 Å². The normalized spacial score (nSPS) is 24.6. The summed E-state index contributed by atoms with van der Waals surface area (Å²) in [4.78, 5) is 0. The molecule has 0 radical (unpaired) electrons. The highest BCUT2D eigenvalue weighted by Crippen LogP contribution is 2.67. The Morgan fingerprint density at radius 2 is 0.554 bits per heavy atom. The summed E-state index contributed by atoms with van der Waals surface area (Å²) >= 11 is 0. The van der Waals surface area contributed by atoms with Crippen molar-refractivity contribution in [2.75, 3.05) is 0 Å². The molecule has 0 saturated carbocycles. The standard InChI is InChI=1S/C36H40.C28H24.C28H28.C24H22.C23H20/c1-34(2,3)26-17-19-28-29-20-18-27(35(4,5)6)23-31(29)33(30(28)22-26)36(25-14-8-9-15-25)21-11-13-24-12-7-10-16-32(24)36;1-8-18-26-20(10-1)11-9-19-28(26,21-12-2-3-13-21)27-24-16-6-4-14-22(24)23-15-5-7-17-25(23)27;1-2-3-11-22-20-27(25-17-8-7-16-24(22)25)28(23-14-5-6-15-23)19-10-13-21-12-4-9-18-26(21)28;1-5-13-21-18(8-1)15-16-23(21)24(20-11-3-4-12-20)17-7-10-19-9-2-6-14-22(19)24;1-5-11-20-17(7-1)13-14-22(20)23(19-9-3-4-10-19)16-15-18-8-2-6-12-21(18)23/h7-10,12,14-20,22-23,25,33H,11,13,21H2,1-6H3;1-8,10,12-18,21,27H,9,11,19H2;2,4-9,12,14-18,20,23,27H,1,3,10-11,13,19H2;1-6,8-9,11-16,20,23H,7,10,17H2;1-14,19,22H,15-16H2. The molecule has 0 heterocycles. The third kappa shape index (κ3) is 15.3. The minimum absolute atomic E-state index is 0.0192. The number of rotatable bonds is 13. The first-order chi connectivity index (χ1) is 68.1. The fraction of sp³-hybridized carbons (Fsp3) is 0.281. The summed E-state index contributed by atoms with van der Waals surface area (Å²) < 4.78 is 0. The maximum Gasteiger partial charge on any atom is 0.0208 e. The van der Waals surface area contributed by atoms with Crippen LogP contribution in [0.1, 0.15) is 264 Å². The van der Waals surface area contributed by atoms with E-state index in [-0.39, 0.29) is 37.9 Å². The van der Waals surface area contributed by atoms with Gasteiger partial charge in [-0.1, -0.05) is 479 Å². The third-order valence-electron chi connectivity index (χ3n) is 35.8. The molecule has 12 aromatic rings. The van der Waals surface area contributed by atoms with Crippen molar-refractivity contribution in [1.82, 2.24) is 0 Å². The number of benzene rings is 12. The summed E-state index contributed by atoms with van der Waals surface area (Å²) in [7, 11) is 0. The highest BCUT2D eigenvalue weighted by Gasteiger charge is 2.57. The van der Waals surface area contributed by atoms with Crippen LogP contribution in [0, 0.1) is 29.6 Å². The molecule has 12 aromatic carbocycles. The van der Waals surface area contributed by atoms with Crippen LogP contribution < -0.4 is 0 Å². The van der Waals surface area contributed by atoms with Gasteiger partial charge in [0.2, 0.25) is 0 Å². The molecule has 8 unspecified atom stereocenters. The summed E-state index contributed by atoms with van der Waals surface area (Å²) in [6.07, 6.45) is 80.3. The predicted molar refractivity (Wildman–Crippen MR) is 587 cm³/mol. The van der Waals surface area contributed by atoms with Gasteiger partial charge in [-0.2, -0.15) is 0 Å². The molecule has 15 aliphatic carbocycles. The van der Waals surface area contributed by atoms with Crippen LogP contribution in [-0.4, -0.2) is 0 Å². The first-order valence-corrected chi connectivity index (χ1v) is 52.7. The molecule has 0 aromatic heterocycles. The minimum Gasteiger partial charge on any atom is -0.103 e. The fourth-order valence-corrected chi connectivity index (χ4v) is 29.6. The Balaban J connectivity index is 0.0000000979. The van der Waals surface area contributed by atoms with Gasteiger partial charge in [-0.3, -0.25) is 0 Å². The molecular weight excluding hydrogens is 1670 g/mol. The summed E-state index contributed by atoms with van der Waals surface area (Å²) in [5.41, 5.74) is 41.4. The van der Waals surface area contributed by atoms with Crippen LogP contribution in [-0.2, 0) is 70.0 Å². The zero-order valence-electron chi connectivity index (χ0n) is 82.4. The topological polar surface area (TPSA) is 0 Å². The molecule has 690 valence electrons. The van der Waals surface area contributed by atoms with E-state index in [4.69, 9.17) is 0 Å². The molecule has 0 aliphatic heterocycles. The Kier molecular flexibility index (Phi) is 23.9. The average molecular weight is 1800 g/mol. The lowest BCUT2D eigenvalue weighted by molar-refractivity contribution is 0.276. The lowest BCUT2D eigenvalue weighted by Crippen LogP contribution is -2.42. The number of aryl methyl sites for hydroxylation is 5. The van der Waals surface area contributed by atoms with E-state index in [0.717, 1.165) is 12.8 Å². The van der Waals surface area contributed by atoms with E-state index < -0.39 is 0 Å². The zero-order valence-corrected chi connectivity index (χ0v) is 82.4. The van der Waals surface area contributed by atoms with Crippen molar-refractivity contribution in [2.24, 2.45) is 29.6 Å². The molecule has 139 heavy (non-hydrogen) atoms. The van der Waals surface area contributed by atoms with Gasteiger partial charge in [-0.05, 0) is 264 Å². The second-order valence-corrected chi connectivity index (χ2v) is 44.5. The van der Waals surface area contributed by atoms with Gasteiger partial charge in [-0.25, -0.2) is 0 Å². The largest absolute Gasteiger partial charge is 0.103 e. The number of hydrogen-bond acceptors (Lipinski definition) is 0. The second kappa shape index (κ2) is 37.0. The molecule has 0 bridgehead atoms. The van der Waals surface area contributed by atoms with Crippen LogP contribution in [0.2, 0.25) is 0 Å². The van der Waals surface area contributed by atoms with E-state index in [1.54, 1.807) is 55.6 Å². The maximum atomic E-state index is 3.95. The van der Waals surface area contributed by atoms with Gasteiger partial charge in [0.15, 0.2) is 0 Å². The number of fused-ring (bicyclic) bond motifs is 14. The van der Waals surface area contributed by atoms with Crippen molar-refractivity contribution < 1.29 is 0 Å². The van der Waals surface area contributed by atoms with Gasteiger partial charge in [0, 0.05) is 86.3 Å². The van der Waals surface area contributed by atoms with Crippen LogP contribution in [0.3, 0.4) is 0 Å². The fourth-order valence-electron chi connectivity index (χ4n) is 29.6. The molecule has 0 amide bonds. The highest BCUT2D eigenvalue weighted by molar-refractivity contribution is 5.84. The Bertz CT molecular complexity index is 7000. The molecule has 0 heteroatoms. The summed E-state index contributed by atoms with van der Waals surface area (Å²) in [6.45, 7) is 18.0. The van der Waals surface area contributed by atoms with E-state index in [1.807, 2.05) is 6.08 Å². The maximum absolute atomic E-state index is 3.95. The first kappa shape index (κ1) is 89.9. The van der Waals surface area contributed by atoms with Gasteiger partial charge < -0.3 is 0 Å². The summed E-state index contributed by atoms with van der Waals surface area (Å²) in [5, 5.41) is 0. The number of allylic oxidation sites excluding steroid dienone is 25. The zero-order chi connectivity index (χ0) is 94.1. The van der Waals surface area contributed by atoms with Gasteiger partial charge in [0.1, 0.15) is 0 Å². The van der Waals surface area contributed by atoms with Crippen molar-refractivity contribution in [2.45, 2.75) is 212 Å². The van der Waals surface area contributed by atoms with E-state index in [2.05, 4.69) is 479 Å². The Hall–Kier alpha value is -13.0. The Morgan fingerprint density at radius 3 is 0.935 bits per heavy atom. The van der Waals surface area contributed by atoms with E-state index in [0.29, 0.717) is 59.2 Å². The molecule has 0 spiro atoms. The molecule has 15 aliphatic rings. The van der Waals surface area contributed by atoms with E-state index in [1.165, 1.54) is 184 Å². The average Bonchev–Trinajstić information content (AvgIpc) is 1.54. The van der Waals surface area contributed by atoms with E-state index in [9.17, 15) is 0 Å². The van der Waals surface area contributed by atoms with Gasteiger partial charge in [0.05, 0.1) is 0 Å². The van der Waals surface area contributed by atoms with Gasteiger partial charge in [-0.15, -0.1) is 6.58 Å². The molecule has 8 atom stereocenters. The van der Waals surface area contributed by atoms with Crippen LogP contribution in [0.25, 0.3) is 40.0 Å². The minimum atomic E-state index is 0.0192. The van der Waals surface area contributed by atoms with Crippen LogP contribution in [0.5, 0.6) is 0 Å². The van der Waals surface area contributed by atoms with Crippen LogP contribution in [0.4, 0.5) is 0 Å². The quantitative estimate of drug-likeness (QED) is 0.101. The van der Waals surface area contributed by atoms with Gasteiger partial charge in [0.25, 0.3) is 0 Å². The number of hydrogen-bond donors (Lipinski definition) is 0. The molecule has 27 rings (SSSR count). The monoisotopic (exact) mass is 1800 g/mol. The van der Waals surface area contributed by atoms with E-state index >= 15 is 0 Å². The van der Waals surface area contributed by atoms with Crippen molar-refractivity contribution >= 4 is 17.7 Å². The molecular formula is C139H134. The Labute approximate surface area is 829 Å². The summed E-state index contributed by atoms with van der Waals surface area (Å²) in [6, 6.07) is 106. The second-order valence-electron chi connectivity index (χ2n) is 44.5. The van der Waals surface area contributed by atoms with Gasteiger partial charge >= 0.3 is 0 Å². The van der Waals surface area contributed by atoms with Crippen molar-refractivity contribution in [1.29, 1.82) is 0 Å². The lowest BCUT2D eigenvalue weighted by Gasteiger charge is -2.48. The van der Waals surface area contributed by atoms with Crippen molar-refractivity contribution in [3.05, 3.63) is 554 Å². The van der Waals surface area contributed by atoms with Crippen molar-refractivity contribution in [3.63, 3.8) is 0 Å². The third-order valence-corrected chi connectivity index (χ3v) is 35.8. The SMILES string of the molecule is C1=CC(C2(C3C=Cc4ccccc43)CCCc3ccccc32)C=C1.C1=CC(C2(C3C=Cc4ccccc43)CCc3ccccc32)C=C1.C1=CC(C2(C3c4ccccc4-c4ccccc43)CCCc3ccccc32)C=C1.C=CCCC1=CC(C2(C3C=CC=C3)CCCc3ccccc32)c2ccccc21.CC(C)(C)c1ccc2c(c1)C(C1(C3C=CC=C3)CCCc3ccccc31)c1cc(C(C)(C)C)ccc1-2. The van der Waals surface area contributed by atoms with Crippen LogP contribution >= 0.6 is 0 Å². The molecule has 0 saturated heterocycles.